The lowest BCUT2D eigenvalue weighted by Gasteiger charge is -2.10. The molecule has 2 rings (SSSR count). The van der Waals surface area contributed by atoms with Gasteiger partial charge in [-0.3, -0.25) is 13.9 Å². The Kier molecular flexibility index (Phi) is 4.46. The maximum atomic E-state index is 13.6. The smallest absolute Gasteiger partial charge is 0.301 e. The fraction of sp³-hybridized carbons (Fsp3) is 0.154. The summed E-state index contributed by atoms with van der Waals surface area (Å²) in [7, 11) is 0. The van der Waals surface area contributed by atoms with Crippen molar-refractivity contribution in [2.24, 2.45) is 0 Å². The minimum absolute atomic E-state index is 0.0145. The highest BCUT2D eigenvalue weighted by molar-refractivity contribution is 9.10. The van der Waals surface area contributed by atoms with Crippen molar-refractivity contribution in [2.45, 2.75) is 13.1 Å². The van der Waals surface area contributed by atoms with Crippen molar-refractivity contribution in [2.75, 3.05) is 0 Å². The number of aromatic nitrogens is 2. The van der Waals surface area contributed by atoms with Crippen molar-refractivity contribution < 1.29 is 13.6 Å². The lowest BCUT2D eigenvalue weighted by molar-refractivity contribution is -0.108. The third kappa shape index (κ3) is 2.99. The SMILES string of the molecule is O=CCn1c(=O)c(Br)cn(Cc2c(F)cccc2F)c1=O. The van der Waals surface area contributed by atoms with E-state index in [1.54, 1.807) is 0 Å². The van der Waals surface area contributed by atoms with Crippen LogP contribution in [0.25, 0.3) is 0 Å². The number of carbonyl (C=O) groups excluding carboxylic acids is 1. The summed E-state index contributed by atoms with van der Waals surface area (Å²) in [5.41, 5.74) is -1.81. The highest BCUT2D eigenvalue weighted by Crippen LogP contribution is 2.13. The van der Waals surface area contributed by atoms with Crippen molar-refractivity contribution in [1.82, 2.24) is 9.13 Å². The first-order valence-electron chi connectivity index (χ1n) is 5.82. The van der Waals surface area contributed by atoms with Crippen LogP contribution in [0, 0.1) is 11.6 Å². The van der Waals surface area contributed by atoms with Crippen LogP contribution in [-0.2, 0) is 17.9 Å². The summed E-state index contributed by atoms with van der Waals surface area (Å²) in [6.45, 7) is -0.827. The number of rotatable bonds is 4. The molecule has 5 nitrogen and oxygen atoms in total. The van der Waals surface area contributed by atoms with Crippen LogP contribution in [0.15, 0.2) is 38.5 Å². The highest BCUT2D eigenvalue weighted by Gasteiger charge is 2.14. The third-order valence-electron chi connectivity index (χ3n) is 2.84. The number of carbonyl (C=O) groups is 1. The molecule has 0 radical (unpaired) electrons. The van der Waals surface area contributed by atoms with Gasteiger partial charge in [0.15, 0.2) is 0 Å². The summed E-state index contributed by atoms with van der Waals surface area (Å²) in [6.07, 6.45) is 1.53. The molecule has 1 aromatic carbocycles. The van der Waals surface area contributed by atoms with E-state index < -0.39 is 36.0 Å². The first kappa shape index (κ1) is 15.3. The van der Waals surface area contributed by atoms with Crippen molar-refractivity contribution >= 4 is 22.2 Å². The Hall–Kier alpha value is -2.09. The fourth-order valence-corrected chi connectivity index (χ4v) is 2.28. The third-order valence-corrected chi connectivity index (χ3v) is 3.39. The Morgan fingerprint density at radius 2 is 1.81 bits per heavy atom. The monoisotopic (exact) mass is 358 g/mol. The molecule has 0 saturated heterocycles. The molecule has 1 heterocycles. The van der Waals surface area contributed by atoms with Crippen LogP contribution in [0.3, 0.4) is 0 Å². The number of hydrogen-bond acceptors (Lipinski definition) is 3. The normalized spacial score (nSPS) is 10.6. The summed E-state index contributed by atoms with van der Waals surface area (Å²) in [6, 6.07) is 3.35. The van der Waals surface area contributed by atoms with Gasteiger partial charge >= 0.3 is 5.69 Å². The number of benzene rings is 1. The molecule has 0 aliphatic heterocycles. The van der Waals surface area contributed by atoms with Crippen LogP contribution in [0.4, 0.5) is 8.78 Å². The standard InChI is InChI=1S/C13H9BrF2N2O3/c14-9-7-17(13(21)18(4-5-19)12(9)20)6-8-10(15)2-1-3-11(8)16/h1-3,5,7H,4,6H2. The van der Waals surface area contributed by atoms with Crippen molar-refractivity contribution in [3.8, 4) is 0 Å². The first-order valence-corrected chi connectivity index (χ1v) is 6.61. The second kappa shape index (κ2) is 6.13. The molecule has 110 valence electrons. The predicted molar refractivity (Wildman–Crippen MR) is 74.2 cm³/mol. The molecule has 2 aromatic rings. The van der Waals surface area contributed by atoms with Gasteiger partial charge in [0.2, 0.25) is 0 Å². The highest BCUT2D eigenvalue weighted by atomic mass is 79.9. The van der Waals surface area contributed by atoms with E-state index in [2.05, 4.69) is 15.9 Å². The molecule has 1 aromatic heterocycles. The van der Waals surface area contributed by atoms with Gasteiger partial charge in [0.25, 0.3) is 5.56 Å². The van der Waals surface area contributed by atoms with E-state index in [-0.39, 0.29) is 10.0 Å². The van der Waals surface area contributed by atoms with E-state index in [9.17, 15) is 23.2 Å². The lowest BCUT2D eigenvalue weighted by atomic mass is 10.2. The van der Waals surface area contributed by atoms with Crippen LogP contribution in [0.1, 0.15) is 5.56 Å². The molecule has 0 aliphatic rings. The Morgan fingerprint density at radius 3 is 2.38 bits per heavy atom. The van der Waals surface area contributed by atoms with Gasteiger partial charge in [-0.15, -0.1) is 0 Å². The molecular formula is C13H9BrF2N2O3. The largest absolute Gasteiger partial charge is 0.331 e. The van der Waals surface area contributed by atoms with Gasteiger partial charge in [-0.25, -0.2) is 13.6 Å². The maximum Gasteiger partial charge on any atom is 0.331 e. The average molecular weight is 359 g/mol. The zero-order valence-electron chi connectivity index (χ0n) is 10.6. The Balaban J connectivity index is 2.58. The zero-order valence-corrected chi connectivity index (χ0v) is 12.1. The summed E-state index contributed by atoms with van der Waals surface area (Å²) in [4.78, 5) is 34.3. The zero-order chi connectivity index (χ0) is 15.6. The van der Waals surface area contributed by atoms with Crippen LogP contribution >= 0.6 is 15.9 Å². The predicted octanol–water partition coefficient (Wildman–Crippen LogP) is 1.30. The van der Waals surface area contributed by atoms with Crippen molar-refractivity contribution in [1.29, 1.82) is 0 Å². The topological polar surface area (TPSA) is 61.1 Å². The lowest BCUT2D eigenvalue weighted by Crippen LogP contribution is -2.40. The molecule has 0 spiro atoms. The second-order valence-electron chi connectivity index (χ2n) is 4.17. The number of hydrogen-bond donors (Lipinski definition) is 0. The number of halogens is 3. The van der Waals surface area contributed by atoms with Crippen molar-refractivity contribution in [3.63, 3.8) is 0 Å². The Labute approximate surface area is 125 Å². The molecular weight excluding hydrogens is 350 g/mol. The van der Waals surface area contributed by atoms with Crippen LogP contribution in [0.5, 0.6) is 0 Å². The molecule has 8 heteroatoms. The van der Waals surface area contributed by atoms with Gasteiger partial charge in [0.05, 0.1) is 17.6 Å². The van der Waals surface area contributed by atoms with E-state index in [4.69, 9.17) is 0 Å². The van der Waals surface area contributed by atoms with Crippen LogP contribution in [0.2, 0.25) is 0 Å². The minimum Gasteiger partial charge on any atom is -0.301 e. The van der Waals surface area contributed by atoms with E-state index in [1.165, 1.54) is 6.07 Å². The Bertz CT molecular complexity index is 794. The molecule has 0 amide bonds. The van der Waals surface area contributed by atoms with Gasteiger partial charge in [-0.2, -0.15) is 0 Å². The quantitative estimate of drug-likeness (QED) is 0.774. The van der Waals surface area contributed by atoms with Crippen molar-refractivity contribution in [3.05, 3.63) is 66.9 Å². The number of nitrogens with zero attached hydrogens (tertiary/aromatic N) is 2. The molecule has 0 unspecified atom stereocenters. The molecule has 21 heavy (non-hydrogen) atoms. The van der Waals surface area contributed by atoms with Gasteiger partial charge in [-0.1, -0.05) is 6.07 Å². The number of aldehydes is 1. The Morgan fingerprint density at radius 1 is 1.19 bits per heavy atom. The first-order chi connectivity index (χ1) is 9.95. The molecule has 0 atom stereocenters. The van der Waals surface area contributed by atoms with Crippen LogP contribution < -0.4 is 11.2 Å². The van der Waals surface area contributed by atoms with Gasteiger partial charge in [0.1, 0.15) is 17.9 Å². The van der Waals surface area contributed by atoms with E-state index in [1.807, 2.05) is 0 Å². The van der Waals surface area contributed by atoms with Gasteiger partial charge in [0, 0.05) is 11.8 Å². The molecule has 0 fully saturated rings. The average Bonchev–Trinajstić information content (AvgIpc) is 2.44. The minimum atomic E-state index is -0.821. The summed E-state index contributed by atoms with van der Waals surface area (Å²) in [5, 5.41) is 0. The maximum absolute atomic E-state index is 13.6. The molecule has 0 N–H and O–H groups in total. The summed E-state index contributed by atoms with van der Waals surface area (Å²) < 4.78 is 28.9. The molecule has 0 aliphatic carbocycles. The van der Waals surface area contributed by atoms with E-state index >= 15 is 0 Å². The summed E-state index contributed by atoms with van der Waals surface area (Å²) in [5.74, 6) is -1.60. The second-order valence-corrected chi connectivity index (χ2v) is 5.02. The molecule has 0 saturated carbocycles. The van der Waals surface area contributed by atoms with Crippen LogP contribution in [-0.4, -0.2) is 15.4 Å². The summed E-state index contributed by atoms with van der Waals surface area (Å²) >= 11 is 2.95. The van der Waals surface area contributed by atoms with Gasteiger partial charge in [-0.05, 0) is 28.1 Å². The van der Waals surface area contributed by atoms with E-state index in [0.29, 0.717) is 10.9 Å². The van der Waals surface area contributed by atoms with E-state index in [0.717, 1.165) is 22.9 Å². The fourth-order valence-electron chi connectivity index (χ4n) is 1.82. The van der Waals surface area contributed by atoms with Gasteiger partial charge < -0.3 is 4.79 Å². The molecule has 0 bridgehead atoms.